The minimum absolute atomic E-state index is 0.00728. The van der Waals surface area contributed by atoms with Crippen molar-refractivity contribution < 1.29 is 12.6 Å². The van der Waals surface area contributed by atoms with Crippen LogP contribution < -0.4 is 15.4 Å². The van der Waals surface area contributed by atoms with Crippen LogP contribution in [-0.2, 0) is 10.1 Å². The van der Waals surface area contributed by atoms with E-state index in [1.54, 1.807) is 13.0 Å². The molecule has 0 amide bonds. The summed E-state index contributed by atoms with van der Waals surface area (Å²) in [6.07, 6.45) is 0. The third-order valence-electron chi connectivity index (χ3n) is 3.29. The molecule has 3 rings (SSSR count). The van der Waals surface area contributed by atoms with Crippen molar-refractivity contribution in [2.75, 3.05) is 0 Å². The van der Waals surface area contributed by atoms with E-state index in [1.165, 1.54) is 24.3 Å². The number of halogens is 1. The first-order valence-corrected chi connectivity index (χ1v) is 8.52. The molecule has 0 radical (unpaired) electrons. The summed E-state index contributed by atoms with van der Waals surface area (Å²) in [5.41, 5.74) is -0.376. The molecular formula is C15H11ClN2O5S. The molecule has 0 aliphatic carbocycles. The van der Waals surface area contributed by atoms with Crippen molar-refractivity contribution >= 4 is 32.6 Å². The van der Waals surface area contributed by atoms with Gasteiger partial charge in [0.15, 0.2) is 5.75 Å². The fourth-order valence-electron chi connectivity index (χ4n) is 2.14. The summed E-state index contributed by atoms with van der Waals surface area (Å²) >= 11 is 5.94. The first kappa shape index (κ1) is 16.3. The number of aromatic amines is 2. The molecule has 1 aromatic heterocycles. The number of H-pyrrole nitrogens is 2. The maximum absolute atomic E-state index is 12.4. The first-order chi connectivity index (χ1) is 11.3. The topological polar surface area (TPSA) is 109 Å². The van der Waals surface area contributed by atoms with Gasteiger partial charge in [-0.3, -0.25) is 9.78 Å². The maximum Gasteiger partial charge on any atom is 0.339 e. The Morgan fingerprint density at radius 1 is 1.04 bits per heavy atom. The Morgan fingerprint density at radius 3 is 2.54 bits per heavy atom. The molecule has 3 aromatic rings. The molecule has 2 aromatic carbocycles. The Kier molecular flexibility index (Phi) is 3.94. The van der Waals surface area contributed by atoms with E-state index in [1.807, 2.05) is 4.98 Å². The lowest BCUT2D eigenvalue weighted by atomic mass is 10.2. The summed E-state index contributed by atoms with van der Waals surface area (Å²) in [5, 5.41) is 0.168. The Morgan fingerprint density at radius 2 is 1.79 bits per heavy atom. The molecule has 124 valence electrons. The Labute approximate surface area is 141 Å². The largest absolute Gasteiger partial charge is 0.377 e. The highest BCUT2D eigenvalue weighted by molar-refractivity contribution is 7.87. The van der Waals surface area contributed by atoms with E-state index in [0.29, 0.717) is 0 Å². The molecule has 2 N–H and O–H groups in total. The van der Waals surface area contributed by atoms with Crippen LogP contribution in [0, 0.1) is 6.92 Å². The summed E-state index contributed by atoms with van der Waals surface area (Å²) in [6, 6.07) is 8.41. The van der Waals surface area contributed by atoms with Gasteiger partial charge in [0.1, 0.15) is 4.90 Å². The number of aryl methyl sites for hydroxylation is 1. The Balaban J connectivity index is 2.10. The average molecular weight is 367 g/mol. The van der Waals surface area contributed by atoms with Crippen LogP contribution in [0.4, 0.5) is 0 Å². The number of aromatic nitrogens is 2. The standard InChI is InChI=1S/C15H11ClN2O5S/c1-8-2-4-11(16)13(6-8)23-24(21,22)9-3-5-12-10(7-9)14(19)18-15(20)17-12/h2-7H,1H3,(H2,17,18,19,20). The predicted octanol–water partition coefficient (Wildman–Crippen LogP) is 1.95. The zero-order valence-electron chi connectivity index (χ0n) is 12.3. The highest BCUT2D eigenvalue weighted by Gasteiger charge is 2.19. The molecule has 0 unspecified atom stereocenters. The smallest absolute Gasteiger partial charge is 0.339 e. The monoisotopic (exact) mass is 366 g/mol. The molecule has 9 heteroatoms. The molecule has 7 nitrogen and oxygen atoms in total. The van der Waals surface area contributed by atoms with Crippen molar-refractivity contribution in [1.82, 2.24) is 9.97 Å². The fourth-order valence-corrected chi connectivity index (χ4v) is 3.31. The average Bonchev–Trinajstić information content (AvgIpc) is 2.50. The van der Waals surface area contributed by atoms with E-state index in [-0.39, 0.29) is 26.6 Å². The summed E-state index contributed by atoms with van der Waals surface area (Å²) in [5.74, 6) is -0.00728. The van der Waals surface area contributed by atoms with Gasteiger partial charge in [-0.1, -0.05) is 17.7 Å². The third kappa shape index (κ3) is 3.06. The van der Waals surface area contributed by atoms with Crippen LogP contribution in [0.15, 0.2) is 50.9 Å². The maximum atomic E-state index is 12.4. The number of fused-ring (bicyclic) bond motifs is 1. The molecule has 1 heterocycles. The second kappa shape index (κ2) is 5.81. The molecule has 0 aliphatic rings. The van der Waals surface area contributed by atoms with E-state index in [9.17, 15) is 18.0 Å². The summed E-state index contributed by atoms with van der Waals surface area (Å²) < 4.78 is 29.9. The van der Waals surface area contributed by atoms with Gasteiger partial charge in [-0.2, -0.15) is 8.42 Å². The van der Waals surface area contributed by atoms with Gasteiger partial charge in [0.2, 0.25) is 0 Å². The molecule has 0 spiro atoms. The first-order valence-electron chi connectivity index (χ1n) is 6.73. The van der Waals surface area contributed by atoms with E-state index < -0.39 is 21.4 Å². The SMILES string of the molecule is Cc1ccc(Cl)c(OS(=O)(=O)c2ccc3[nH]c(=O)[nH]c(=O)c3c2)c1. The quantitative estimate of drug-likeness (QED) is 0.688. The van der Waals surface area contributed by atoms with Gasteiger partial charge >= 0.3 is 15.8 Å². The van der Waals surface area contributed by atoms with Gasteiger partial charge in [0.25, 0.3) is 5.56 Å². The lowest BCUT2D eigenvalue weighted by Gasteiger charge is -2.09. The van der Waals surface area contributed by atoms with Gasteiger partial charge in [0, 0.05) is 0 Å². The fraction of sp³-hybridized carbons (Fsp3) is 0.0667. The van der Waals surface area contributed by atoms with Crippen molar-refractivity contribution in [2.24, 2.45) is 0 Å². The van der Waals surface area contributed by atoms with Crippen molar-refractivity contribution in [3.05, 3.63) is 67.8 Å². The highest BCUT2D eigenvalue weighted by Crippen LogP contribution is 2.28. The second-order valence-corrected chi connectivity index (χ2v) is 7.04. The van der Waals surface area contributed by atoms with Crippen molar-refractivity contribution in [2.45, 2.75) is 11.8 Å². The number of rotatable bonds is 3. The summed E-state index contributed by atoms with van der Waals surface area (Å²) in [4.78, 5) is 27.2. The van der Waals surface area contributed by atoms with E-state index in [0.717, 1.165) is 11.6 Å². The normalized spacial score (nSPS) is 11.6. The number of hydrogen-bond acceptors (Lipinski definition) is 5. The molecule has 0 aliphatic heterocycles. The number of hydrogen-bond donors (Lipinski definition) is 2. The van der Waals surface area contributed by atoms with Gasteiger partial charge in [-0.05, 0) is 42.8 Å². The minimum atomic E-state index is -4.20. The van der Waals surface area contributed by atoms with Gasteiger partial charge in [0.05, 0.1) is 15.9 Å². The van der Waals surface area contributed by atoms with Crippen LogP contribution in [0.3, 0.4) is 0 Å². The van der Waals surface area contributed by atoms with Crippen LogP contribution in [0.2, 0.25) is 5.02 Å². The van der Waals surface area contributed by atoms with Crippen LogP contribution in [-0.4, -0.2) is 18.4 Å². The predicted molar refractivity (Wildman–Crippen MR) is 89.2 cm³/mol. The molecule has 0 fully saturated rings. The van der Waals surface area contributed by atoms with Crippen LogP contribution in [0.5, 0.6) is 5.75 Å². The van der Waals surface area contributed by atoms with Crippen LogP contribution >= 0.6 is 11.6 Å². The van der Waals surface area contributed by atoms with Crippen LogP contribution in [0.1, 0.15) is 5.56 Å². The van der Waals surface area contributed by atoms with Crippen molar-refractivity contribution in [1.29, 1.82) is 0 Å². The minimum Gasteiger partial charge on any atom is -0.377 e. The highest BCUT2D eigenvalue weighted by atomic mass is 35.5. The van der Waals surface area contributed by atoms with E-state index in [4.69, 9.17) is 15.8 Å². The number of nitrogens with one attached hydrogen (secondary N) is 2. The third-order valence-corrected chi connectivity index (χ3v) is 4.83. The summed E-state index contributed by atoms with van der Waals surface area (Å²) in [6.45, 7) is 1.77. The molecule has 24 heavy (non-hydrogen) atoms. The Hall–Kier alpha value is -2.58. The van der Waals surface area contributed by atoms with E-state index in [2.05, 4.69) is 4.98 Å². The second-order valence-electron chi connectivity index (χ2n) is 5.09. The molecular weight excluding hydrogens is 356 g/mol. The van der Waals surface area contributed by atoms with Crippen LogP contribution in [0.25, 0.3) is 10.9 Å². The summed E-state index contributed by atoms with van der Waals surface area (Å²) in [7, 11) is -4.20. The van der Waals surface area contributed by atoms with Crippen molar-refractivity contribution in [3.63, 3.8) is 0 Å². The molecule has 0 saturated heterocycles. The number of benzene rings is 2. The Bertz CT molecular complexity index is 1160. The van der Waals surface area contributed by atoms with Gasteiger partial charge < -0.3 is 9.17 Å². The zero-order valence-corrected chi connectivity index (χ0v) is 13.9. The lowest BCUT2D eigenvalue weighted by molar-refractivity contribution is 0.486. The lowest BCUT2D eigenvalue weighted by Crippen LogP contribution is -2.22. The van der Waals surface area contributed by atoms with Gasteiger partial charge in [-0.25, -0.2) is 4.79 Å². The molecule has 0 saturated carbocycles. The molecule has 0 bridgehead atoms. The van der Waals surface area contributed by atoms with Crippen molar-refractivity contribution in [3.8, 4) is 5.75 Å². The van der Waals surface area contributed by atoms with Gasteiger partial charge in [-0.15, -0.1) is 0 Å². The van der Waals surface area contributed by atoms with E-state index >= 15 is 0 Å². The zero-order chi connectivity index (χ0) is 17.5. The molecule has 0 atom stereocenters.